The largest absolute Gasteiger partial charge is 0.493 e. The van der Waals surface area contributed by atoms with E-state index in [1.165, 1.54) is 10.6 Å². The summed E-state index contributed by atoms with van der Waals surface area (Å²) in [6.45, 7) is 2.88. The molecule has 0 aromatic carbocycles. The van der Waals surface area contributed by atoms with Gasteiger partial charge < -0.3 is 20.8 Å². The average molecular weight is 306 g/mol. The standard InChI is InChI=1S/C14H18N4O4/c1-9-3-2-7-18-11(9)17-13(21)10(14(18)22)12(20)16-5-4-15-6-8-19/h2-3,7,15,19,21H,4-6,8H2,1H3,(H,16,20). The number of nitrogens with zero attached hydrogens (tertiary/aromatic N) is 2. The molecule has 0 saturated heterocycles. The van der Waals surface area contributed by atoms with Gasteiger partial charge in [-0.15, -0.1) is 0 Å². The Labute approximate surface area is 126 Å². The summed E-state index contributed by atoms with van der Waals surface area (Å²) in [5, 5.41) is 23.9. The zero-order chi connectivity index (χ0) is 16.1. The molecule has 0 spiro atoms. The lowest BCUT2D eigenvalue weighted by molar-refractivity contribution is 0.0948. The molecule has 0 aliphatic heterocycles. The second kappa shape index (κ2) is 7.01. The van der Waals surface area contributed by atoms with Gasteiger partial charge in [-0.1, -0.05) is 6.07 Å². The fraction of sp³-hybridized carbons (Fsp3) is 0.357. The van der Waals surface area contributed by atoms with Crippen molar-refractivity contribution in [3.63, 3.8) is 0 Å². The summed E-state index contributed by atoms with van der Waals surface area (Å²) in [6, 6.07) is 3.43. The molecular formula is C14H18N4O4. The third kappa shape index (κ3) is 3.23. The molecule has 0 bridgehead atoms. The molecule has 8 heteroatoms. The second-order valence-electron chi connectivity index (χ2n) is 4.73. The van der Waals surface area contributed by atoms with Gasteiger partial charge in [-0.3, -0.25) is 14.0 Å². The first-order chi connectivity index (χ1) is 10.6. The van der Waals surface area contributed by atoms with E-state index in [0.29, 0.717) is 18.7 Å². The highest BCUT2D eigenvalue weighted by Crippen LogP contribution is 2.13. The number of hydrogen-bond acceptors (Lipinski definition) is 6. The van der Waals surface area contributed by atoms with Crippen molar-refractivity contribution >= 4 is 11.6 Å². The van der Waals surface area contributed by atoms with Crippen molar-refractivity contribution in [2.45, 2.75) is 6.92 Å². The Morgan fingerprint density at radius 3 is 2.86 bits per heavy atom. The fourth-order valence-corrected chi connectivity index (χ4v) is 2.04. The Morgan fingerprint density at radius 2 is 2.14 bits per heavy atom. The summed E-state index contributed by atoms with van der Waals surface area (Å²) in [5.74, 6) is -1.27. The SMILES string of the molecule is Cc1cccn2c(=O)c(C(=O)NCCNCCO)c(O)nc12. The van der Waals surface area contributed by atoms with Gasteiger partial charge in [0.05, 0.1) is 6.61 Å². The molecule has 118 valence electrons. The minimum atomic E-state index is -0.684. The number of aromatic hydroxyl groups is 1. The smallest absolute Gasteiger partial charge is 0.274 e. The average Bonchev–Trinajstić information content (AvgIpc) is 2.48. The van der Waals surface area contributed by atoms with Crippen LogP contribution in [0.25, 0.3) is 5.65 Å². The first-order valence-corrected chi connectivity index (χ1v) is 6.87. The van der Waals surface area contributed by atoms with Crippen LogP contribution in [0, 0.1) is 6.92 Å². The van der Waals surface area contributed by atoms with Gasteiger partial charge in [0.15, 0.2) is 5.56 Å². The summed E-state index contributed by atoms with van der Waals surface area (Å²) in [7, 11) is 0. The first-order valence-electron chi connectivity index (χ1n) is 6.87. The van der Waals surface area contributed by atoms with Crippen LogP contribution in [0.15, 0.2) is 23.1 Å². The lowest BCUT2D eigenvalue weighted by Gasteiger charge is -2.09. The maximum atomic E-state index is 12.3. The number of amides is 1. The van der Waals surface area contributed by atoms with Gasteiger partial charge in [0.2, 0.25) is 5.88 Å². The van der Waals surface area contributed by atoms with E-state index in [9.17, 15) is 14.7 Å². The Bertz CT molecular complexity index is 741. The lowest BCUT2D eigenvalue weighted by atomic mass is 10.2. The van der Waals surface area contributed by atoms with Crippen LogP contribution < -0.4 is 16.2 Å². The molecule has 2 aromatic heterocycles. The lowest BCUT2D eigenvalue weighted by Crippen LogP contribution is -2.36. The minimum Gasteiger partial charge on any atom is -0.493 e. The predicted molar refractivity (Wildman–Crippen MR) is 80.2 cm³/mol. The molecule has 2 aromatic rings. The molecule has 4 N–H and O–H groups in total. The van der Waals surface area contributed by atoms with Gasteiger partial charge in [0.1, 0.15) is 5.65 Å². The van der Waals surface area contributed by atoms with E-state index < -0.39 is 17.3 Å². The van der Waals surface area contributed by atoms with Crippen molar-refractivity contribution in [1.82, 2.24) is 20.0 Å². The Balaban J connectivity index is 2.24. The maximum Gasteiger partial charge on any atom is 0.274 e. The Hall–Kier alpha value is -2.45. The molecule has 0 atom stereocenters. The summed E-state index contributed by atoms with van der Waals surface area (Å²) in [5.41, 5.74) is 0.0264. The van der Waals surface area contributed by atoms with Gasteiger partial charge in [0.25, 0.3) is 11.5 Å². The maximum absolute atomic E-state index is 12.3. The van der Waals surface area contributed by atoms with Crippen LogP contribution in [-0.4, -0.2) is 51.7 Å². The molecule has 0 fully saturated rings. The van der Waals surface area contributed by atoms with Gasteiger partial charge in [-0.2, -0.15) is 4.98 Å². The predicted octanol–water partition coefficient (Wildman–Crippen LogP) is -0.980. The Kier molecular flexibility index (Phi) is 5.08. The van der Waals surface area contributed by atoms with E-state index >= 15 is 0 Å². The molecule has 2 heterocycles. The molecule has 2 rings (SSSR count). The highest BCUT2D eigenvalue weighted by Gasteiger charge is 2.19. The van der Waals surface area contributed by atoms with Crippen molar-refractivity contribution in [2.75, 3.05) is 26.2 Å². The van der Waals surface area contributed by atoms with E-state index in [4.69, 9.17) is 5.11 Å². The van der Waals surface area contributed by atoms with Crippen molar-refractivity contribution in [3.05, 3.63) is 39.8 Å². The number of pyridine rings is 1. The number of aromatic nitrogens is 2. The topological polar surface area (TPSA) is 116 Å². The second-order valence-corrected chi connectivity index (χ2v) is 4.73. The van der Waals surface area contributed by atoms with Gasteiger partial charge >= 0.3 is 0 Å². The number of aliphatic hydroxyl groups excluding tert-OH is 1. The number of carbonyl (C=O) groups is 1. The van der Waals surface area contributed by atoms with E-state index in [1.54, 1.807) is 19.1 Å². The van der Waals surface area contributed by atoms with Crippen molar-refractivity contribution < 1.29 is 15.0 Å². The zero-order valence-corrected chi connectivity index (χ0v) is 12.2. The van der Waals surface area contributed by atoms with Crippen LogP contribution in [0.1, 0.15) is 15.9 Å². The highest BCUT2D eigenvalue weighted by atomic mass is 16.3. The number of hydrogen-bond donors (Lipinski definition) is 4. The molecular weight excluding hydrogens is 288 g/mol. The van der Waals surface area contributed by atoms with Crippen LogP contribution >= 0.6 is 0 Å². The number of fused-ring (bicyclic) bond motifs is 1. The molecule has 0 saturated carbocycles. The van der Waals surface area contributed by atoms with Gasteiger partial charge in [0, 0.05) is 25.8 Å². The van der Waals surface area contributed by atoms with Crippen LogP contribution in [0.2, 0.25) is 0 Å². The molecule has 0 unspecified atom stereocenters. The first kappa shape index (κ1) is 15.9. The van der Waals surface area contributed by atoms with E-state index in [0.717, 1.165) is 5.56 Å². The number of aliphatic hydroxyl groups is 1. The summed E-state index contributed by atoms with van der Waals surface area (Å²) >= 11 is 0. The van der Waals surface area contributed by atoms with Crippen molar-refractivity contribution in [2.24, 2.45) is 0 Å². The normalized spacial score (nSPS) is 10.8. The van der Waals surface area contributed by atoms with Crippen LogP contribution in [0.5, 0.6) is 5.88 Å². The summed E-state index contributed by atoms with van der Waals surface area (Å²) in [4.78, 5) is 28.3. The van der Waals surface area contributed by atoms with Crippen molar-refractivity contribution in [3.8, 4) is 5.88 Å². The third-order valence-corrected chi connectivity index (χ3v) is 3.13. The molecule has 0 aliphatic rings. The third-order valence-electron chi connectivity index (χ3n) is 3.13. The minimum absolute atomic E-state index is 0.00400. The van der Waals surface area contributed by atoms with Gasteiger partial charge in [-0.05, 0) is 18.6 Å². The molecule has 0 radical (unpaired) electrons. The van der Waals surface area contributed by atoms with E-state index in [1.807, 2.05) is 0 Å². The van der Waals surface area contributed by atoms with E-state index in [2.05, 4.69) is 15.6 Å². The van der Waals surface area contributed by atoms with E-state index in [-0.39, 0.29) is 18.7 Å². The highest BCUT2D eigenvalue weighted by molar-refractivity contribution is 5.96. The monoisotopic (exact) mass is 306 g/mol. The van der Waals surface area contributed by atoms with Crippen molar-refractivity contribution in [1.29, 1.82) is 0 Å². The fourth-order valence-electron chi connectivity index (χ4n) is 2.04. The number of rotatable bonds is 6. The van der Waals surface area contributed by atoms with Crippen LogP contribution in [0.3, 0.4) is 0 Å². The molecule has 1 amide bonds. The Morgan fingerprint density at radius 1 is 1.36 bits per heavy atom. The van der Waals surface area contributed by atoms with Gasteiger partial charge in [-0.25, -0.2) is 0 Å². The summed E-state index contributed by atoms with van der Waals surface area (Å²) in [6.07, 6.45) is 1.50. The molecule has 8 nitrogen and oxygen atoms in total. The molecule has 0 aliphatic carbocycles. The summed E-state index contributed by atoms with van der Waals surface area (Å²) < 4.78 is 1.23. The number of nitrogens with one attached hydrogen (secondary N) is 2. The zero-order valence-electron chi connectivity index (χ0n) is 12.2. The number of aryl methyl sites for hydroxylation is 1. The quantitative estimate of drug-likeness (QED) is 0.510. The van der Waals surface area contributed by atoms with Crippen LogP contribution in [0.4, 0.5) is 0 Å². The van der Waals surface area contributed by atoms with Crippen LogP contribution in [-0.2, 0) is 0 Å². The molecule has 22 heavy (non-hydrogen) atoms. The number of carbonyl (C=O) groups excluding carboxylic acids is 1.